The van der Waals surface area contributed by atoms with Crippen LogP contribution in [-0.2, 0) is 12.5 Å². The van der Waals surface area contributed by atoms with Gasteiger partial charge in [0.1, 0.15) is 7.05 Å². The van der Waals surface area contributed by atoms with E-state index in [1.54, 1.807) is 0 Å². The lowest BCUT2D eigenvalue weighted by molar-refractivity contribution is -0.660. The van der Waals surface area contributed by atoms with Crippen LogP contribution >= 0.6 is 0 Å². The van der Waals surface area contributed by atoms with Crippen LogP contribution in [0.3, 0.4) is 0 Å². The maximum Gasteiger partial charge on any atom is 0.227 e. The third-order valence-electron chi connectivity index (χ3n) is 8.89. The largest absolute Gasteiger partial charge is 0.437 e. The van der Waals surface area contributed by atoms with Crippen molar-refractivity contribution >= 4 is 22.1 Å². The molecule has 3 aromatic heterocycles. The molecule has 0 amide bonds. The van der Waals surface area contributed by atoms with Gasteiger partial charge >= 0.3 is 0 Å². The molecule has 1 saturated carbocycles. The van der Waals surface area contributed by atoms with Gasteiger partial charge in [-0.3, -0.25) is 0 Å². The second kappa shape index (κ2) is 7.52. The van der Waals surface area contributed by atoms with Crippen LogP contribution in [0.1, 0.15) is 73.4 Å². The molecule has 2 aliphatic rings. The van der Waals surface area contributed by atoms with E-state index in [2.05, 4.69) is 94.0 Å². The number of furan rings is 1. The minimum atomic E-state index is 0.0497. The molecule has 0 atom stereocenters. The number of hydrogen-bond donors (Lipinski definition) is 0. The molecule has 1 spiro atoms. The number of aromatic nitrogens is 2. The van der Waals surface area contributed by atoms with Gasteiger partial charge in [-0.2, -0.15) is 0 Å². The highest BCUT2D eigenvalue weighted by Gasteiger charge is 2.46. The molecule has 0 unspecified atom stereocenters. The van der Waals surface area contributed by atoms with E-state index in [1.807, 2.05) is 0 Å². The molecular formula is C33H33N2O+. The molecule has 0 N–H and O–H groups in total. The van der Waals surface area contributed by atoms with Gasteiger partial charge in [0.2, 0.25) is 11.4 Å². The summed E-state index contributed by atoms with van der Waals surface area (Å²) in [5, 5.41) is 2.27. The van der Waals surface area contributed by atoms with Crippen molar-refractivity contribution in [3.63, 3.8) is 0 Å². The first kappa shape index (κ1) is 21.8. The van der Waals surface area contributed by atoms with Crippen LogP contribution in [0.5, 0.6) is 0 Å². The topological polar surface area (TPSA) is 29.9 Å². The van der Waals surface area contributed by atoms with Gasteiger partial charge in [-0.15, -0.1) is 0 Å². The standard InChI is InChI=1S/C33H33N2O/c1-19(2)26-18-35(5)28(16-21(26)4)29-20(3)12-13-23-25-17-24-22-10-6-7-11-27(22)33(14-8-9-15-33)31(24)34-32(25)36-30(23)29/h6-7,10-13,16-19H,8-9,14-15H2,1-5H3/q+1. The summed E-state index contributed by atoms with van der Waals surface area (Å²) < 4.78 is 8.95. The van der Waals surface area contributed by atoms with E-state index < -0.39 is 0 Å². The van der Waals surface area contributed by atoms with Crippen LogP contribution in [0, 0.1) is 13.8 Å². The van der Waals surface area contributed by atoms with Crippen molar-refractivity contribution in [2.45, 2.75) is 64.7 Å². The van der Waals surface area contributed by atoms with Crippen LogP contribution in [0.25, 0.3) is 44.5 Å². The number of rotatable bonds is 2. The van der Waals surface area contributed by atoms with E-state index in [-0.39, 0.29) is 5.41 Å². The Kier molecular flexibility index (Phi) is 4.55. The highest BCUT2D eigenvalue weighted by Crippen LogP contribution is 2.57. The lowest BCUT2D eigenvalue weighted by atomic mass is 9.79. The van der Waals surface area contributed by atoms with Crippen LogP contribution < -0.4 is 4.57 Å². The summed E-state index contributed by atoms with van der Waals surface area (Å²) in [7, 11) is 2.15. The zero-order valence-electron chi connectivity index (χ0n) is 21.9. The van der Waals surface area contributed by atoms with E-state index in [4.69, 9.17) is 9.40 Å². The minimum absolute atomic E-state index is 0.0497. The molecule has 5 aromatic rings. The lowest BCUT2D eigenvalue weighted by Crippen LogP contribution is -2.32. The molecule has 7 rings (SSSR count). The molecule has 0 radical (unpaired) electrons. The van der Waals surface area contributed by atoms with Gasteiger partial charge in [0.15, 0.2) is 11.8 Å². The fraction of sp³-hybridized carbons (Fsp3) is 0.333. The summed E-state index contributed by atoms with van der Waals surface area (Å²) in [5.41, 5.74) is 13.4. The van der Waals surface area contributed by atoms with Crippen LogP contribution in [-0.4, -0.2) is 4.98 Å². The van der Waals surface area contributed by atoms with E-state index in [0.29, 0.717) is 5.92 Å². The first-order valence-corrected chi connectivity index (χ1v) is 13.4. The van der Waals surface area contributed by atoms with Crippen molar-refractivity contribution in [3.8, 4) is 22.4 Å². The summed E-state index contributed by atoms with van der Waals surface area (Å²) in [4.78, 5) is 5.31. The molecule has 2 aliphatic carbocycles. The normalized spacial score (nSPS) is 15.9. The maximum atomic E-state index is 6.69. The van der Waals surface area contributed by atoms with E-state index in [9.17, 15) is 0 Å². The van der Waals surface area contributed by atoms with Gasteiger partial charge in [-0.05, 0) is 60.9 Å². The molecule has 3 heteroatoms. The monoisotopic (exact) mass is 473 g/mol. The molecule has 0 saturated heterocycles. The van der Waals surface area contributed by atoms with Crippen molar-refractivity contribution in [2.24, 2.45) is 7.05 Å². The van der Waals surface area contributed by atoms with Crippen LogP contribution in [0.4, 0.5) is 0 Å². The Morgan fingerprint density at radius 2 is 1.69 bits per heavy atom. The highest BCUT2D eigenvalue weighted by atomic mass is 16.3. The Hall–Kier alpha value is -3.46. The SMILES string of the molecule is Cc1cc(-c2c(C)ccc3c2oc2nc4c(cc23)-c2ccccc2C42CCCC2)[n+](C)cc1C(C)C. The van der Waals surface area contributed by atoms with Crippen LogP contribution in [0.2, 0.25) is 0 Å². The molecule has 1 fully saturated rings. The lowest BCUT2D eigenvalue weighted by Gasteiger charge is -2.24. The van der Waals surface area contributed by atoms with Gasteiger partial charge < -0.3 is 4.42 Å². The van der Waals surface area contributed by atoms with Crippen LogP contribution in [0.15, 0.2) is 59.1 Å². The molecule has 180 valence electrons. The second-order valence-corrected chi connectivity index (χ2v) is 11.4. The summed E-state index contributed by atoms with van der Waals surface area (Å²) in [6.45, 7) is 8.92. The Balaban J connectivity index is 1.51. The summed E-state index contributed by atoms with van der Waals surface area (Å²) >= 11 is 0. The number of nitrogens with zero attached hydrogens (tertiary/aromatic N) is 2. The van der Waals surface area contributed by atoms with Gasteiger partial charge in [0, 0.05) is 33.4 Å². The number of aryl methyl sites for hydroxylation is 3. The van der Waals surface area contributed by atoms with Crippen molar-refractivity contribution < 1.29 is 8.98 Å². The average Bonchev–Trinajstić information content (AvgIpc) is 3.56. The fourth-order valence-electron chi connectivity index (χ4n) is 7.12. The second-order valence-electron chi connectivity index (χ2n) is 11.4. The van der Waals surface area contributed by atoms with Gasteiger partial charge in [0.05, 0.1) is 11.3 Å². The summed E-state index contributed by atoms with van der Waals surface area (Å²) in [5.74, 6) is 0.491. The molecular weight excluding hydrogens is 440 g/mol. The summed E-state index contributed by atoms with van der Waals surface area (Å²) in [6, 6.07) is 18.1. The Morgan fingerprint density at radius 3 is 2.47 bits per heavy atom. The third-order valence-corrected chi connectivity index (χ3v) is 8.89. The quantitative estimate of drug-likeness (QED) is 0.243. The number of hydrogen-bond acceptors (Lipinski definition) is 2. The Morgan fingerprint density at radius 1 is 0.917 bits per heavy atom. The predicted octanol–water partition coefficient (Wildman–Crippen LogP) is 8.05. The van der Waals surface area contributed by atoms with Gasteiger partial charge in [-0.1, -0.05) is 63.1 Å². The minimum Gasteiger partial charge on any atom is -0.437 e. The van der Waals surface area contributed by atoms with E-state index in [0.717, 1.165) is 22.1 Å². The van der Waals surface area contributed by atoms with Gasteiger partial charge in [0.25, 0.3) is 0 Å². The first-order chi connectivity index (χ1) is 17.4. The Labute approximate surface area is 212 Å². The number of fused-ring (bicyclic) bond motifs is 8. The zero-order valence-corrected chi connectivity index (χ0v) is 21.9. The molecule has 36 heavy (non-hydrogen) atoms. The van der Waals surface area contributed by atoms with Crippen molar-refractivity contribution in [3.05, 3.63) is 82.7 Å². The van der Waals surface area contributed by atoms with Gasteiger partial charge in [-0.25, -0.2) is 9.55 Å². The van der Waals surface area contributed by atoms with Crippen molar-refractivity contribution in [1.29, 1.82) is 0 Å². The van der Waals surface area contributed by atoms with Crippen molar-refractivity contribution in [2.75, 3.05) is 0 Å². The fourth-order valence-corrected chi connectivity index (χ4v) is 7.12. The summed E-state index contributed by atoms with van der Waals surface area (Å²) in [6.07, 6.45) is 7.16. The first-order valence-electron chi connectivity index (χ1n) is 13.4. The predicted molar refractivity (Wildman–Crippen MR) is 146 cm³/mol. The average molecular weight is 474 g/mol. The maximum absolute atomic E-state index is 6.69. The molecule has 2 aromatic carbocycles. The Bertz CT molecular complexity index is 1700. The van der Waals surface area contributed by atoms with E-state index in [1.165, 1.54) is 76.0 Å². The molecule has 0 aliphatic heterocycles. The molecule has 0 bridgehead atoms. The number of benzene rings is 2. The highest BCUT2D eigenvalue weighted by molar-refractivity contribution is 6.10. The number of pyridine rings is 2. The molecule has 3 heterocycles. The smallest absolute Gasteiger partial charge is 0.227 e. The molecule has 3 nitrogen and oxygen atoms in total. The zero-order chi connectivity index (χ0) is 24.8. The third kappa shape index (κ3) is 2.80. The van der Waals surface area contributed by atoms with Crippen molar-refractivity contribution in [1.82, 2.24) is 4.98 Å². The van der Waals surface area contributed by atoms with E-state index >= 15 is 0 Å².